The Kier molecular flexibility index (Phi) is 35.4. The standard InChI is InChI=1S/C26H31S.C24H27S.C21H21S.2C20H19S/c1-2-3-4-5-6-9-14-23-19-21-26(22-20-23)27(24-15-10-7-11-16-24)25-17-12-8-13-18-25;1-2-3-4-7-12-21-17-19-24(20-18-21)25(22-13-8-5-9-14-22)23-15-10-6-11-16-23;1-16-4-10-19(11-5-16)22(20-12-6-17(2)7-13-20)21-14-8-18(3)9-15-21;1-16-13-14-20(17(2)15-16)21(18-9-5-3-6-10-18)19-11-7-4-8-12-19;1-16-8-12-19(13-9-16)21(18-6-4-3-5-7-18)20-14-10-17(2)11-15-20/h7-8,10-13,15-22H,2-6,9,14H2,1H3;5-6,8-11,13-20H,2-4,7,12H2,1H3;4-15H,1-3H3;2*3-15H,1-2H3/q5*+1. The first-order chi connectivity index (χ1) is 56.9. The van der Waals surface area contributed by atoms with Crippen molar-refractivity contribution in [2.24, 2.45) is 0 Å². The van der Waals surface area contributed by atoms with Gasteiger partial charge in [-0.2, -0.15) is 0 Å². The molecule has 586 valence electrons. The van der Waals surface area contributed by atoms with Crippen LogP contribution < -0.4 is 0 Å². The third-order valence-electron chi connectivity index (χ3n) is 20.1. The lowest BCUT2D eigenvalue weighted by Gasteiger charge is -2.10. The largest absolute Gasteiger partial charge is 0.169 e. The maximum atomic E-state index is 2.34. The molecule has 116 heavy (non-hydrogen) atoms. The second-order valence-corrected chi connectivity index (χ2v) is 39.8. The molecule has 0 aromatic heterocycles. The minimum atomic E-state index is -0.0394. The van der Waals surface area contributed by atoms with Crippen LogP contribution in [0.25, 0.3) is 0 Å². The van der Waals surface area contributed by atoms with Crippen LogP contribution in [0.3, 0.4) is 0 Å². The van der Waals surface area contributed by atoms with E-state index in [2.05, 4.69) is 463 Å². The van der Waals surface area contributed by atoms with Crippen LogP contribution in [-0.4, -0.2) is 0 Å². The monoisotopic (exact) mass is 1610 g/mol. The highest BCUT2D eigenvalue weighted by atomic mass is 32.2. The minimum absolute atomic E-state index is 0.0312. The Balaban J connectivity index is 0.000000143. The summed E-state index contributed by atoms with van der Waals surface area (Å²) in [5.41, 5.74) is 12.1. The van der Waals surface area contributed by atoms with Crippen LogP contribution in [0.2, 0.25) is 0 Å². The van der Waals surface area contributed by atoms with Crippen LogP contribution in [0.5, 0.6) is 0 Å². The Morgan fingerprint density at radius 1 is 0.164 bits per heavy atom. The fourth-order valence-corrected chi connectivity index (χ4v) is 24.3. The predicted octanol–water partition coefficient (Wildman–Crippen LogP) is 31.1. The van der Waals surface area contributed by atoms with Crippen LogP contribution in [0, 0.1) is 48.5 Å². The number of aryl methyl sites for hydroxylation is 9. The highest BCUT2D eigenvalue weighted by Crippen LogP contribution is 2.38. The Labute approximate surface area is 711 Å². The fraction of sp³-hybridized carbons (Fsp3) is 0.189. The van der Waals surface area contributed by atoms with Gasteiger partial charge in [-0.1, -0.05) is 323 Å². The zero-order valence-corrected chi connectivity index (χ0v) is 73.7. The lowest BCUT2D eigenvalue weighted by Crippen LogP contribution is -2.06. The number of hydrogen-bond acceptors (Lipinski definition) is 0. The van der Waals surface area contributed by atoms with Crippen molar-refractivity contribution in [1.29, 1.82) is 0 Å². The van der Waals surface area contributed by atoms with Gasteiger partial charge in [0.15, 0.2) is 73.4 Å². The van der Waals surface area contributed by atoms with Crippen molar-refractivity contribution in [3.05, 3.63) is 450 Å². The average molecular weight is 1610 g/mol. The lowest BCUT2D eigenvalue weighted by molar-refractivity contribution is 0.607. The van der Waals surface area contributed by atoms with Crippen molar-refractivity contribution in [1.82, 2.24) is 0 Å². The second kappa shape index (κ2) is 47.3. The van der Waals surface area contributed by atoms with Gasteiger partial charge in [-0.05, 0) is 261 Å². The van der Waals surface area contributed by atoms with E-state index in [1.54, 1.807) is 0 Å². The highest BCUT2D eigenvalue weighted by Gasteiger charge is 2.33. The molecule has 0 N–H and O–H groups in total. The van der Waals surface area contributed by atoms with Crippen LogP contribution >= 0.6 is 0 Å². The average Bonchev–Trinajstić information content (AvgIpc) is 0.821. The summed E-state index contributed by atoms with van der Waals surface area (Å²) in [4.78, 5) is 20.7. The Morgan fingerprint density at radius 2 is 0.345 bits per heavy atom. The molecule has 15 aromatic carbocycles. The third kappa shape index (κ3) is 26.8. The molecular formula is C111H117S5+5. The summed E-state index contributed by atoms with van der Waals surface area (Å²) in [6, 6.07) is 146. The van der Waals surface area contributed by atoms with E-state index in [4.69, 9.17) is 0 Å². The molecule has 0 aliphatic rings. The van der Waals surface area contributed by atoms with E-state index < -0.39 is 0 Å². The second-order valence-electron chi connectivity index (χ2n) is 29.7. The first kappa shape index (κ1) is 86.9. The summed E-state index contributed by atoms with van der Waals surface area (Å²) >= 11 is 0. The molecule has 0 nitrogen and oxygen atoms in total. The maximum Gasteiger partial charge on any atom is 0.169 e. The van der Waals surface area contributed by atoms with Gasteiger partial charge in [-0.15, -0.1) is 0 Å². The molecule has 0 saturated heterocycles. The maximum absolute atomic E-state index is 2.34. The molecule has 0 saturated carbocycles. The Bertz CT molecular complexity index is 4930. The molecule has 15 aromatic rings. The molecule has 0 atom stereocenters. The molecule has 0 spiro atoms. The zero-order valence-electron chi connectivity index (χ0n) is 69.6. The van der Waals surface area contributed by atoms with Crippen molar-refractivity contribution < 1.29 is 0 Å². The number of unbranched alkanes of at least 4 members (excludes halogenated alkanes) is 8. The first-order valence-corrected chi connectivity index (χ1v) is 47.7. The van der Waals surface area contributed by atoms with Gasteiger partial charge in [0, 0.05) is 5.56 Å². The molecule has 0 aliphatic carbocycles. The molecule has 0 unspecified atom stereocenters. The van der Waals surface area contributed by atoms with E-state index in [1.165, 1.54) is 201 Å². The van der Waals surface area contributed by atoms with Crippen molar-refractivity contribution in [3.8, 4) is 0 Å². The van der Waals surface area contributed by atoms with Crippen LogP contribution in [0.15, 0.2) is 474 Å². The predicted molar refractivity (Wildman–Crippen MR) is 506 cm³/mol. The smallest absolute Gasteiger partial charge is 0.0654 e. The quantitative estimate of drug-likeness (QED) is 0.0356. The molecule has 0 amide bonds. The minimum Gasteiger partial charge on any atom is -0.0654 e. The summed E-state index contributed by atoms with van der Waals surface area (Å²) in [7, 11) is -0.171. The van der Waals surface area contributed by atoms with Gasteiger partial charge in [0.05, 0.1) is 54.5 Å². The SMILES string of the molecule is CCCCCCCCc1ccc([S+](c2ccccc2)c2ccccc2)cc1.CCCCCCc1ccc([S+](c2ccccc2)c2ccccc2)cc1.Cc1ccc([S+](c2ccc(C)cc2)c2ccc(C)cc2)cc1.Cc1ccc([S+](c2ccccc2)c2ccc(C)cc2)cc1.Cc1ccc([S+](c2ccccc2)c2ccccc2)c(C)c1. The fourth-order valence-electron chi connectivity index (χ4n) is 13.8. The summed E-state index contributed by atoms with van der Waals surface area (Å²) < 4.78 is 0. The van der Waals surface area contributed by atoms with E-state index in [-0.39, 0.29) is 54.5 Å². The van der Waals surface area contributed by atoms with Gasteiger partial charge >= 0.3 is 0 Å². The molecule has 15 rings (SSSR count). The first-order valence-electron chi connectivity index (χ1n) is 41.5. The van der Waals surface area contributed by atoms with Crippen LogP contribution in [-0.2, 0) is 67.3 Å². The van der Waals surface area contributed by atoms with Crippen LogP contribution in [0.1, 0.15) is 128 Å². The summed E-state index contributed by atoms with van der Waals surface area (Å²) in [5, 5.41) is 0. The third-order valence-corrected chi connectivity index (χ3v) is 31.5. The summed E-state index contributed by atoms with van der Waals surface area (Å²) in [5.74, 6) is 0. The normalized spacial score (nSPS) is 10.9. The van der Waals surface area contributed by atoms with Gasteiger partial charge in [0.1, 0.15) is 0 Å². The highest BCUT2D eigenvalue weighted by molar-refractivity contribution is 7.98. The van der Waals surface area contributed by atoms with Gasteiger partial charge in [0.25, 0.3) is 0 Å². The molecule has 0 aliphatic heterocycles. The summed E-state index contributed by atoms with van der Waals surface area (Å²) in [6.07, 6.45) is 15.9. The van der Waals surface area contributed by atoms with Gasteiger partial charge < -0.3 is 0 Å². The molecule has 5 heteroatoms. The topological polar surface area (TPSA) is 0 Å². The van der Waals surface area contributed by atoms with E-state index in [0.717, 1.165) is 0 Å². The molecule has 0 heterocycles. The number of hydrogen-bond donors (Lipinski definition) is 0. The Hall–Kier alpha value is -9.95. The van der Waals surface area contributed by atoms with E-state index in [0.29, 0.717) is 0 Å². The Morgan fingerprint density at radius 3 is 0.569 bits per heavy atom. The molecular weight excluding hydrogens is 1490 g/mol. The van der Waals surface area contributed by atoms with Crippen molar-refractivity contribution >= 4 is 54.5 Å². The summed E-state index contributed by atoms with van der Waals surface area (Å²) in [6.45, 7) is 19.6. The molecule has 0 fully saturated rings. The molecule has 0 radical (unpaired) electrons. The van der Waals surface area contributed by atoms with E-state index >= 15 is 0 Å². The number of rotatable bonds is 27. The van der Waals surface area contributed by atoms with Crippen molar-refractivity contribution in [2.75, 3.05) is 0 Å². The number of benzene rings is 15. The van der Waals surface area contributed by atoms with Crippen molar-refractivity contribution in [2.45, 2.75) is 213 Å². The zero-order chi connectivity index (χ0) is 80.9. The molecule has 0 bridgehead atoms. The van der Waals surface area contributed by atoms with Gasteiger partial charge in [-0.3, -0.25) is 0 Å². The van der Waals surface area contributed by atoms with Gasteiger partial charge in [0.2, 0.25) is 0 Å². The van der Waals surface area contributed by atoms with E-state index in [1.807, 2.05) is 0 Å². The van der Waals surface area contributed by atoms with Crippen molar-refractivity contribution in [3.63, 3.8) is 0 Å². The van der Waals surface area contributed by atoms with Crippen LogP contribution in [0.4, 0.5) is 0 Å². The van der Waals surface area contributed by atoms with Gasteiger partial charge in [-0.25, -0.2) is 0 Å². The van der Waals surface area contributed by atoms with E-state index in [9.17, 15) is 0 Å². The lowest BCUT2D eigenvalue weighted by atomic mass is 10.1.